The molecule has 0 aromatic rings. The van der Waals surface area contributed by atoms with Crippen LogP contribution in [0.5, 0.6) is 0 Å². The van der Waals surface area contributed by atoms with Crippen molar-refractivity contribution in [2.75, 3.05) is 0 Å². The van der Waals surface area contributed by atoms with Gasteiger partial charge < -0.3 is 14.9 Å². The average Bonchev–Trinajstić information content (AvgIpc) is 2.51. The molecule has 0 aromatic heterocycles. The molecule has 0 aliphatic rings. The van der Waals surface area contributed by atoms with Crippen LogP contribution in [0.2, 0.25) is 0 Å². The summed E-state index contributed by atoms with van der Waals surface area (Å²) < 4.78 is 4.43. The lowest BCUT2D eigenvalue weighted by molar-refractivity contribution is -0.167. The fraction of sp³-hybridized carbons (Fsp3) is 0.882. The van der Waals surface area contributed by atoms with Gasteiger partial charge in [0.2, 0.25) is 0 Å². The molecule has 0 radical (unpaired) electrons. The Morgan fingerprint density at radius 1 is 0.870 bits per heavy atom. The van der Waals surface area contributed by atoms with Crippen LogP contribution < -0.4 is 0 Å². The maximum Gasteiger partial charge on any atom is 0.346 e. The third-order valence-electron chi connectivity index (χ3n) is 3.72. The van der Waals surface area contributed by atoms with Crippen molar-refractivity contribution in [3.8, 4) is 0 Å². The van der Waals surface area contributed by atoms with Gasteiger partial charge in [-0.2, -0.15) is 0 Å². The number of thiol groups is 1. The number of hydrogen-bond donors (Lipinski definition) is 3. The normalized spacial score (nSPS) is 13.6. The van der Waals surface area contributed by atoms with Crippen molar-refractivity contribution in [2.24, 2.45) is 0 Å². The molecule has 0 spiro atoms. The Hall–Kier alpha value is -0.590. The van der Waals surface area contributed by atoms with Crippen LogP contribution in [0, 0.1) is 0 Å². The van der Waals surface area contributed by atoms with Crippen LogP contribution in [0.4, 0.5) is 0 Å². The monoisotopic (exact) mass is 348 g/mol. The van der Waals surface area contributed by atoms with Gasteiger partial charge in [0.1, 0.15) is 5.44 Å². The summed E-state index contributed by atoms with van der Waals surface area (Å²) in [6, 6.07) is 0. The van der Waals surface area contributed by atoms with Crippen LogP contribution in [0.1, 0.15) is 84.0 Å². The second-order valence-corrected chi connectivity index (χ2v) is 6.47. The molecule has 0 aromatic carbocycles. The van der Waals surface area contributed by atoms with Gasteiger partial charge in [-0.25, -0.2) is 4.79 Å². The van der Waals surface area contributed by atoms with Crippen LogP contribution in [-0.4, -0.2) is 33.7 Å². The number of unbranched alkanes of at least 4 members (excludes halogenated alkanes) is 10. The Kier molecular flexibility index (Phi) is 14.6. The highest BCUT2D eigenvalue weighted by Crippen LogP contribution is 2.12. The fourth-order valence-electron chi connectivity index (χ4n) is 2.28. The number of carbonyl (C=O) groups is 2. The number of carbonyl (C=O) groups excluding carboxylic acids is 2. The van der Waals surface area contributed by atoms with Gasteiger partial charge in [0.05, 0.1) is 0 Å². The second kappa shape index (κ2) is 15.0. The van der Waals surface area contributed by atoms with Crippen molar-refractivity contribution in [1.29, 1.82) is 0 Å². The first kappa shape index (κ1) is 22.4. The number of ether oxygens (including phenoxy) is 1. The number of esters is 2. The van der Waals surface area contributed by atoms with Gasteiger partial charge in [-0.1, -0.05) is 71.1 Å². The Bertz CT molecular complexity index is 320. The van der Waals surface area contributed by atoms with Crippen molar-refractivity contribution in [3.05, 3.63) is 0 Å². The maximum absolute atomic E-state index is 11.4. The Labute approximate surface area is 145 Å². The van der Waals surface area contributed by atoms with E-state index in [4.69, 9.17) is 10.2 Å². The molecule has 0 fully saturated rings. The van der Waals surface area contributed by atoms with Gasteiger partial charge >= 0.3 is 11.9 Å². The molecule has 0 amide bonds. The van der Waals surface area contributed by atoms with Crippen molar-refractivity contribution in [2.45, 2.75) is 95.5 Å². The minimum Gasteiger partial charge on any atom is -0.391 e. The van der Waals surface area contributed by atoms with E-state index in [0.29, 0.717) is 6.42 Å². The van der Waals surface area contributed by atoms with Gasteiger partial charge in [-0.05, 0) is 6.42 Å². The van der Waals surface area contributed by atoms with Gasteiger partial charge in [0.25, 0.3) is 0 Å². The van der Waals surface area contributed by atoms with E-state index in [0.717, 1.165) is 12.8 Å². The molecule has 0 aliphatic carbocycles. The highest BCUT2D eigenvalue weighted by atomic mass is 32.1. The zero-order valence-electron chi connectivity index (χ0n) is 14.2. The Morgan fingerprint density at radius 3 is 1.74 bits per heavy atom. The largest absolute Gasteiger partial charge is 0.391 e. The van der Waals surface area contributed by atoms with Crippen molar-refractivity contribution >= 4 is 24.6 Å². The lowest BCUT2D eigenvalue weighted by atomic mass is 10.1. The van der Waals surface area contributed by atoms with Crippen LogP contribution in [0.3, 0.4) is 0 Å². The third-order valence-corrected chi connectivity index (χ3v) is 4.01. The summed E-state index contributed by atoms with van der Waals surface area (Å²) in [5.41, 5.74) is -1.54. The predicted octanol–water partition coefficient (Wildman–Crippen LogP) is 3.37. The van der Waals surface area contributed by atoms with E-state index in [-0.39, 0.29) is 6.42 Å². The maximum atomic E-state index is 11.4. The number of rotatable bonds is 14. The highest BCUT2D eigenvalue weighted by Gasteiger charge is 2.24. The molecule has 0 aliphatic heterocycles. The minimum absolute atomic E-state index is 0.151. The smallest absolute Gasteiger partial charge is 0.346 e. The molecule has 2 atom stereocenters. The van der Waals surface area contributed by atoms with E-state index in [2.05, 4.69) is 24.3 Å². The van der Waals surface area contributed by atoms with Crippen molar-refractivity contribution in [1.82, 2.24) is 0 Å². The van der Waals surface area contributed by atoms with E-state index >= 15 is 0 Å². The predicted molar refractivity (Wildman–Crippen MR) is 93.2 cm³/mol. The summed E-state index contributed by atoms with van der Waals surface area (Å²) in [7, 11) is 0. The lowest BCUT2D eigenvalue weighted by Gasteiger charge is -2.10. The van der Waals surface area contributed by atoms with E-state index in [1.165, 1.54) is 51.4 Å². The number of aliphatic hydroxyl groups excluding tert-OH is 2. The molecule has 2 N–H and O–H groups in total. The second-order valence-electron chi connectivity index (χ2n) is 5.94. The third kappa shape index (κ3) is 13.5. The van der Waals surface area contributed by atoms with E-state index in [1.807, 2.05) is 0 Å². The van der Waals surface area contributed by atoms with E-state index in [9.17, 15) is 9.59 Å². The van der Waals surface area contributed by atoms with Gasteiger partial charge in [0, 0.05) is 6.42 Å². The Morgan fingerprint density at radius 2 is 1.30 bits per heavy atom. The summed E-state index contributed by atoms with van der Waals surface area (Å²) in [6.07, 6.45) is 11.3. The van der Waals surface area contributed by atoms with Gasteiger partial charge in [-0.15, -0.1) is 12.6 Å². The Balaban J connectivity index is 3.41. The van der Waals surface area contributed by atoms with Crippen LogP contribution in [0.25, 0.3) is 0 Å². The average molecular weight is 349 g/mol. The quantitative estimate of drug-likeness (QED) is 0.147. The van der Waals surface area contributed by atoms with Crippen LogP contribution in [0.15, 0.2) is 0 Å². The molecule has 0 saturated heterocycles. The first-order valence-corrected chi connectivity index (χ1v) is 9.29. The molecule has 0 rings (SSSR count). The number of aliphatic hydroxyl groups is 2. The molecule has 23 heavy (non-hydrogen) atoms. The molecule has 5 nitrogen and oxygen atoms in total. The molecule has 2 unspecified atom stereocenters. The summed E-state index contributed by atoms with van der Waals surface area (Å²) >= 11 is 3.50. The first-order valence-electron chi connectivity index (χ1n) is 8.77. The zero-order valence-corrected chi connectivity index (χ0v) is 15.1. The van der Waals surface area contributed by atoms with Crippen LogP contribution >= 0.6 is 12.6 Å². The van der Waals surface area contributed by atoms with E-state index < -0.39 is 23.5 Å². The number of hydrogen-bond acceptors (Lipinski definition) is 6. The molecule has 6 heteroatoms. The van der Waals surface area contributed by atoms with E-state index in [1.54, 1.807) is 0 Å². The van der Waals surface area contributed by atoms with Gasteiger partial charge in [-0.3, -0.25) is 4.79 Å². The molecule has 0 saturated carbocycles. The topological polar surface area (TPSA) is 83.8 Å². The highest BCUT2D eigenvalue weighted by molar-refractivity contribution is 7.80. The molecular weight excluding hydrogens is 316 g/mol. The summed E-state index contributed by atoms with van der Waals surface area (Å²) in [4.78, 5) is 22.6. The minimum atomic E-state index is -1.79. The standard InChI is InChI=1S/C17H32O5S/c1-2-3-4-5-6-7-8-9-10-11-12-13-14(18)22-16(20)15(19)17(21)23/h15,17,19,21,23H,2-13H2,1H3. The first-order chi connectivity index (χ1) is 11.0. The summed E-state index contributed by atoms with van der Waals surface area (Å²) in [6.45, 7) is 2.22. The molecule has 0 bridgehead atoms. The zero-order chi connectivity index (χ0) is 17.5. The molecule has 0 heterocycles. The van der Waals surface area contributed by atoms with Crippen molar-refractivity contribution < 1.29 is 24.5 Å². The molecular formula is C17H32O5S. The fourth-order valence-corrected chi connectivity index (χ4v) is 2.40. The SMILES string of the molecule is CCCCCCCCCCCCCC(=O)OC(=O)C(O)C(O)S. The van der Waals surface area contributed by atoms with Crippen LogP contribution in [-0.2, 0) is 14.3 Å². The van der Waals surface area contributed by atoms with Crippen molar-refractivity contribution in [3.63, 3.8) is 0 Å². The summed E-state index contributed by atoms with van der Waals surface area (Å²) in [5.74, 6) is -1.82. The van der Waals surface area contributed by atoms with Gasteiger partial charge in [0.15, 0.2) is 6.10 Å². The summed E-state index contributed by atoms with van der Waals surface area (Å²) in [5, 5.41) is 18.0. The lowest BCUT2D eigenvalue weighted by Crippen LogP contribution is -2.33. The molecule has 136 valence electrons.